The molecule has 6 nitrogen and oxygen atoms in total. The minimum absolute atomic E-state index is 0.104. The van der Waals surface area contributed by atoms with Gasteiger partial charge < -0.3 is 15.4 Å². The number of carbonyl (C=O) groups is 2. The molecule has 0 fully saturated rings. The predicted octanol–water partition coefficient (Wildman–Crippen LogP) is 2.11. The molecule has 6 heteroatoms. The van der Waals surface area contributed by atoms with Crippen molar-refractivity contribution in [3.8, 4) is 5.75 Å². The molecule has 2 amide bonds. The van der Waals surface area contributed by atoms with Crippen molar-refractivity contribution in [1.82, 2.24) is 15.5 Å². The fraction of sp³-hybridized carbons (Fsp3) is 0.579. The quantitative estimate of drug-likeness (QED) is 0.791. The van der Waals surface area contributed by atoms with Crippen LogP contribution in [0.2, 0.25) is 0 Å². The van der Waals surface area contributed by atoms with E-state index in [1.807, 2.05) is 52.0 Å². The molecule has 0 aromatic heterocycles. The van der Waals surface area contributed by atoms with Crippen LogP contribution in [0.25, 0.3) is 0 Å². The van der Waals surface area contributed by atoms with Gasteiger partial charge in [0.15, 0.2) is 0 Å². The Morgan fingerprint density at radius 3 is 2.36 bits per heavy atom. The number of methoxy groups -OCH3 is 1. The minimum atomic E-state index is -0.428. The number of ether oxygens (including phenoxy) is 1. The number of benzene rings is 1. The molecule has 2 N–H and O–H groups in total. The average Bonchev–Trinajstić information content (AvgIpc) is 2.51. The van der Waals surface area contributed by atoms with Crippen molar-refractivity contribution in [2.24, 2.45) is 0 Å². The molecule has 0 radical (unpaired) electrons. The first-order valence-electron chi connectivity index (χ1n) is 8.49. The van der Waals surface area contributed by atoms with Crippen molar-refractivity contribution in [3.63, 3.8) is 0 Å². The maximum Gasteiger partial charge on any atom is 0.237 e. The predicted molar refractivity (Wildman–Crippen MR) is 99.5 cm³/mol. The highest BCUT2D eigenvalue weighted by atomic mass is 16.5. The van der Waals surface area contributed by atoms with Gasteiger partial charge in [0.1, 0.15) is 5.75 Å². The van der Waals surface area contributed by atoms with Gasteiger partial charge in [-0.05, 0) is 47.7 Å². The fourth-order valence-corrected chi connectivity index (χ4v) is 2.46. The van der Waals surface area contributed by atoms with Gasteiger partial charge >= 0.3 is 0 Å². The summed E-state index contributed by atoms with van der Waals surface area (Å²) in [5, 5.41) is 5.88. The zero-order valence-electron chi connectivity index (χ0n) is 16.3. The second kappa shape index (κ2) is 8.85. The number of hydrogen-bond acceptors (Lipinski definition) is 4. The van der Waals surface area contributed by atoms with E-state index >= 15 is 0 Å². The number of carbonyl (C=O) groups excluding carboxylic acids is 2. The molecule has 1 aromatic rings. The van der Waals surface area contributed by atoms with E-state index in [4.69, 9.17) is 4.74 Å². The zero-order chi connectivity index (χ0) is 19.2. The Morgan fingerprint density at radius 1 is 1.20 bits per heavy atom. The van der Waals surface area contributed by atoms with Crippen molar-refractivity contribution in [2.75, 3.05) is 20.7 Å². The van der Waals surface area contributed by atoms with Gasteiger partial charge in [-0.15, -0.1) is 0 Å². The summed E-state index contributed by atoms with van der Waals surface area (Å²) in [6.07, 6.45) is 0. The van der Waals surface area contributed by atoms with Gasteiger partial charge in [-0.1, -0.05) is 18.2 Å². The van der Waals surface area contributed by atoms with E-state index in [-0.39, 0.29) is 29.9 Å². The Labute approximate surface area is 150 Å². The topological polar surface area (TPSA) is 70.7 Å². The molecule has 0 bridgehead atoms. The van der Waals surface area contributed by atoms with Crippen LogP contribution in [-0.4, -0.2) is 49.0 Å². The van der Waals surface area contributed by atoms with Crippen LogP contribution in [0.15, 0.2) is 24.3 Å². The molecule has 0 spiro atoms. The van der Waals surface area contributed by atoms with Gasteiger partial charge in [0.05, 0.1) is 25.7 Å². The summed E-state index contributed by atoms with van der Waals surface area (Å²) in [6, 6.07) is 6.97. The minimum Gasteiger partial charge on any atom is -0.496 e. The second-order valence-electron chi connectivity index (χ2n) is 7.36. The highest BCUT2D eigenvalue weighted by molar-refractivity contribution is 5.83. The molecule has 25 heavy (non-hydrogen) atoms. The molecule has 0 aliphatic rings. The van der Waals surface area contributed by atoms with E-state index in [0.717, 1.165) is 11.3 Å². The molecule has 2 unspecified atom stereocenters. The molecule has 0 heterocycles. The number of hydrogen-bond donors (Lipinski definition) is 2. The largest absolute Gasteiger partial charge is 0.496 e. The van der Waals surface area contributed by atoms with Crippen LogP contribution in [0, 0.1) is 0 Å². The SMILES string of the molecule is COc1ccccc1C(C)NC(=O)C(C)N(C)CC(=O)NC(C)(C)C. The molecule has 140 valence electrons. The number of likely N-dealkylation sites (N-methyl/N-ethyl adjacent to an activating group) is 1. The molecule has 1 aromatic carbocycles. The van der Waals surface area contributed by atoms with Gasteiger partial charge in [-0.3, -0.25) is 14.5 Å². The molecule has 0 aliphatic carbocycles. The number of para-hydroxylation sites is 1. The summed E-state index contributed by atoms with van der Waals surface area (Å²) in [5.74, 6) is 0.498. The summed E-state index contributed by atoms with van der Waals surface area (Å²) in [7, 11) is 3.37. The molecule has 0 saturated carbocycles. The Balaban J connectivity index is 2.65. The third-order valence-electron chi connectivity index (χ3n) is 3.91. The summed E-state index contributed by atoms with van der Waals surface area (Å²) in [5.41, 5.74) is 0.626. The van der Waals surface area contributed by atoms with Crippen LogP contribution in [0.3, 0.4) is 0 Å². The normalized spacial score (nSPS) is 13.9. The third kappa shape index (κ3) is 6.74. The van der Waals surface area contributed by atoms with Gasteiger partial charge in [0.25, 0.3) is 0 Å². The van der Waals surface area contributed by atoms with Crippen LogP contribution in [-0.2, 0) is 9.59 Å². The van der Waals surface area contributed by atoms with E-state index in [0.29, 0.717) is 0 Å². The molecule has 0 saturated heterocycles. The monoisotopic (exact) mass is 349 g/mol. The third-order valence-corrected chi connectivity index (χ3v) is 3.91. The van der Waals surface area contributed by atoms with Gasteiger partial charge in [0.2, 0.25) is 11.8 Å². The summed E-state index contributed by atoms with van der Waals surface area (Å²) in [4.78, 5) is 26.3. The Bertz CT molecular complexity index is 596. The number of rotatable bonds is 7. The molecule has 2 atom stereocenters. The number of amides is 2. The number of nitrogens with zero attached hydrogens (tertiary/aromatic N) is 1. The van der Waals surface area contributed by atoms with E-state index in [1.54, 1.807) is 26.0 Å². The Hall–Kier alpha value is -2.08. The van der Waals surface area contributed by atoms with Crippen LogP contribution in [0.5, 0.6) is 5.75 Å². The van der Waals surface area contributed by atoms with Gasteiger partial charge in [-0.25, -0.2) is 0 Å². The lowest BCUT2D eigenvalue weighted by Gasteiger charge is -2.27. The summed E-state index contributed by atoms with van der Waals surface area (Å²) < 4.78 is 5.34. The summed E-state index contributed by atoms with van der Waals surface area (Å²) in [6.45, 7) is 9.64. The van der Waals surface area contributed by atoms with E-state index in [1.165, 1.54) is 0 Å². The smallest absolute Gasteiger partial charge is 0.237 e. The lowest BCUT2D eigenvalue weighted by atomic mass is 10.1. The van der Waals surface area contributed by atoms with Crippen molar-refractivity contribution in [1.29, 1.82) is 0 Å². The van der Waals surface area contributed by atoms with Gasteiger partial charge in [0, 0.05) is 11.1 Å². The second-order valence-corrected chi connectivity index (χ2v) is 7.36. The molecule has 1 rings (SSSR count). The maximum absolute atomic E-state index is 12.5. The van der Waals surface area contributed by atoms with E-state index in [9.17, 15) is 9.59 Å². The van der Waals surface area contributed by atoms with Crippen molar-refractivity contribution >= 4 is 11.8 Å². The van der Waals surface area contributed by atoms with E-state index < -0.39 is 6.04 Å². The van der Waals surface area contributed by atoms with Crippen molar-refractivity contribution < 1.29 is 14.3 Å². The van der Waals surface area contributed by atoms with Crippen molar-refractivity contribution in [3.05, 3.63) is 29.8 Å². The highest BCUT2D eigenvalue weighted by Crippen LogP contribution is 2.24. The van der Waals surface area contributed by atoms with E-state index in [2.05, 4.69) is 10.6 Å². The molecular formula is C19H31N3O3. The fourth-order valence-electron chi connectivity index (χ4n) is 2.46. The standard InChI is InChI=1S/C19H31N3O3/c1-13(15-10-8-9-11-16(15)25-7)20-18(24)14(2)22(6)12-17(23)21-19(3,4)5/h8-11,13-14H,12H2,1-7H3,(H,20,24)(H,21,23). The maximum atomic E-state index is 12.5. The highest BCUT2D eigenvalue weighted by Gasteiger charge is 2.24. The van der Waals surface area contributed by atoms with Crippen LogP contribution in [0.1, 0.15) is 46.2 Å². The first kappa shape index (κ1) is 21.0. The van der Waals surface area contributed by atoms with Crippen LogP contribution >= 0.6 is 0 Å². The van der Waals surface area contributed by atoms with Crippen molar-refractivity contribution in [2.45, 2.75) is 52.2 Å². The lowest BCUT2D eigenvalue weighted by molar-refractivity contribution is -0.128. The summed E-state index contributed by atoms with van der Waals surface area (Å²) >= 11 is 0. The first-order valence-corrected chi connectivity index (χ1v) is 8.49. The first-order chi connectivity index (χ1) is 11.5. The molecule has 0 aliphatic heterocycles. The van der Waals surface area contributed by atoms with Crippen LogP contribution < -0.4 is 15.4 Å². The van der Waals surface area contributed by atoms with Crippen LogP contribution in [0.4, 0.5) is 0 Å². The van der Waals surface area contributed by atoms with Gasteiger partial charge in [-0.2, -0.15) is 0 Å². The Morgan fingerprint density at radius 2 is 1.80 bits per heavy atom. The number of nitrogens with one attached hydrogen (secondary N) is 2. The Kier molecular flexibility index (Phi) is 7.42. The average molecular weight is 349 g/mol. The lowest BCUT2D eigenvalue weighted by Crippen LogP contribution is -2.50. The zero-order valence-corrected chi connectivity index (χ0v) is 16.3. The molecular weight excluding hydrogens is 318 g/mol.